The fraction of sp³-hybridized carbons (Fsp3) is 0.600. The largest absolute Gasteiger partial charge is 0.318 e. The van der Waals surface area contributed by atoms with Crippen LogP contribution in [-0.2, 0) is 0 Å². The first-order chi connectivity index (χ1) is 18.0. The molecular weight excluding hydrogens is 462 g/mol. The molecule has 4 aliphatic rings. The van der Waals surface area contributed by atoms with E-state index in [0.29, 0.717) is 23.7 Å². The smallest absolute Gasteiger partial charge is 0.279 e. The lowest BCUT2D eigenvalue weighted by molar-refractivity contribution is 0.144. The highest BCUT2D eigenvalue weighted by Gasteiger charge is 2.37. The summed E-state index contributed by atoms with van der Waals surface area (Å²) >= 11 is 0. The predicted molar refractivity (Wildman–Crippen MR) is 147 cm³/mol. The number of hydrogen-bond donors (Lipinski definition) is 2. The molecule has 196 valence electrons. The van der Waals surface area contributed by atoms with E-state index < -0.39 is 0 Å². The predicted octanol–water partition coefficient (Wildman–Crippen LogP) is 5.22. The van der Waals surface area contributed by atoms with Gasteiger partial charge in [0.2, 0.25) is 0 Å². The number of nitrogens with zero attached hydrogens (tertiary/aromatic N) is 3. The Balaban J connectivity index is 0.000000235. The Labute approximate surface area is 218 Å². The average molecular weight is 502 g/mol. The van der Waals surface area contributed by atoms with E-state index in [9.17, 15) is 9.59 Å². The first-order valence-electron chi connectivity index (χ1n) is 14.4. The van der Waals surface area contributed by atoms with Crippen LogP contribution in [0.15, 0.2) is 46.2 Å². The SMILES string of the molecule is C1CC2CCCC(C1)C2.CC1CCC2CC(n3c(=O)c(-c4cncc(=O)[nH]4)nc4ccccc43)CC1N2. The lowest BCUT2D eigenvalue weighted by atomic mass is 9.72. The molecule has 7 heteroatoms. The quantitative estimate of drug-likeness (QED) is 0.503. The lowest BCUT2D eigenvalue weighted by Crippen LogP contribution is -2.53. The van der Waals surface area contributed by atoms with Crippen molar-refractivity contribution in [1.82, 2.24) is 24.8 Å². The number of rotatable bonds is 2. The van der Waals surface area contributed by atoms with Gasteiger partial charge in [-0.1, -0.05) is 57.6 Å². The minimum Gasteiger partial charge on any atom is -0.318 e. The molecule has 2 aliphatic heterocycles. The van der Waals surface area contributed by atoms with Gasteiger partial charge in [0.25, 0.3) is 11.1 Å². The van der Waals surface area contributed by atoms with Gasteiger partial charge < -0.3 is 14.9 Å². The van der Waals surface area contributed by atoms with Gasteiger partial charge in [-0.25, -0.2) is 4.98 Å². The number of hydrogen-bond acceptors (Lipinski definition) is 5. The van der Waals surface area contributed by atoms with E-state index in [1.165, 1.54) is 31.7 Å². The average Bonchev–Trinajstić information content (AvgIpc) is 2.91. The highest BCUT2D eigenvalue weighted by atomic mass is 16.1. The van der Waals surface area contributed by atoms with Crippen molar-refractivity contribution in [3.63, 3.8) is 0 Å². The first-order valence-corrected chi connectivity index (χ1v) is 14.4. The summed E-state index contributed by atoms with van der Waals surface area (Å²) in [6, 6.07) is 8.71. The van der Waals surface area contributed by atoms with Gasteiger partial charge in [-0.2, -0.15) is 0 Å². The van der Waals surface area contributed by atoms with Crippen LogP contribution in [0, 0.1) is 17.8 Å². The summed E-state index contributed by atoms with van der Waals surface area (Å²) in [6.45, 7) is 2.29. The zero-order chi connectivity index (χ0) is 25.4. The van der Waals surface area contributed by atoms with Gasteiger partial charge in [0, 0.05) is 18.1 Å². The fourth-order valence-electron chi connectivity index (χ4n) is 7.44. The van der Waals surface area contributed by atoms with Crippen molar-refractivity contribution in [2.24, 2.45) is 17.8 Å². The van der Waals surface area contributed by atoms with E-state index >= 15 is 0 Å². The molecule has 2 saturated carbocycles. The van der Waals surface area contributed by atoms with Crippen LogP contribution in [0.5, 0.6) is 0 Å². The molecule has 2 aromatic heterocycles. The maximum Gasteiger partial charge on any atom is 0.279 e. The van der Waals surface area contributed by atoms with Gasteiger partial charge in [0.1, 0.15) is 0 Å². The molecule has 4 atom stereocenters. The third-order valence-electron chi connectivity index (χ3n) is 9.37. The molecule has 4 unspecified atom stereocenters. The third-order valence-corrected chi connectivity index (χ3v) is 9.37. The van der Waals surface area contributed by atoms with Crippen molar-refractivity contribution < 1.29 is 0 Å². The number of aromatic nitrogens is 4. The Kier molecular flexibility index (Phi) is 6.98. The van der Waals surface area contributed by atoms with E-state index in [4.69, 9.17) is 0 Å². The molecule has 7 rings (SSSR count). The highest BCUT2D eigenvalue weighted by molar-refractivity contribution is 5.77. The van der Waals surface area contributed by atoms with Crippen LogP contribution in [0.1, 0.15) is 83.6 Å². The summed E-state index contributed by atoms with van der Waals surface area (Å²) in [5, 5.41) is 3.74. The van der Waals surface area contributed by atoms with Gasteiger partial charge in [-0.3, -0.25) is 14.6 Å². The number of para-hydroxylation sites is 2. The van der Waals surface area contributed by atoms with Gasteiger partial charge >= 0.3 is 0 Å². The topological polar surface area (TPSA) is 92.7 Å². The van der Waals surface area contributed by atoms with E-state index in [0.717, 1.165) is 42.1 Å². The Morgan fingerprint density at radius 3 is 2.38 bits per heavy atom. The maximum absolute atomic E-state index is 13.5. The van der Waals surface area contributed by atoms with Gasteiger partial charge in [-0.15, -0.1) is 0 Å². The van der Waals surface area contributed by atoms with Gasteiger partial charge in [0.05, 0.1) is 29.1 Å². The second-order valence-corrected chi connectivity index (χ2v) is 11.9. The van der Waals surface area contributed by atoms with Crippen molar-refractivity contribution in [1.29, 1.82) is 0 Å². The fourth-order valence-corrected chi connectivity index (χ4v) is 7.44. The minimum atomic E-state index is -0.344. The molecule has 7 nitrogen and oxygen atoms in total. The highest BCUT2D eigenvalue weighted by Crippen LogP contribution is 2.39. The van der Waals surface area contributed by atoms with Crippen molar-refractivity contribution in [3.05, 3.63) is 57.4 Å². The van der Waals surface area contributed by atoms with Crippen LogP contribution < -0.4 is 16.4 Å². The first kappa shape index (κ1) is 24.5. The molecule has 2 N–H and O–H groups in total. The van der Waals surface area contributed by atoms with E-state index in [-0.39, 0.29) is 22.9 Å². The molecule has 0 amide bonds. The molecule has 37 heavy (non-hydrogen) atoms. The van der Waals surface area contributed by atoms with E-state index in [1.807, 2.05) is 28.8 Å². The van der Waals surface area contributed by atoms with Gasteiger partial charge in [0.15, 0.2) is 5.69 Å². The molecule has 1 aromatic carbocycles. The normalized spacial score (nSPS) is 30.8. The van der Waals surface area contributed by atoms with Gasteiger partial charge in [-0.05, 0) is 62.0 Å². The van der Waals surface area contributed by atoms with Crippen molar-refractivity contribution in [2.75, 3.05) is 0 Å². The molecule has 0 radical (unpaired) electrons. The van der Waals surface area contributed by atoms with Crippen LogP contribution in [0.25, 0.3) is 22.4 Å². The van der Waals surface area contributed by atoms with Crippen LogP contribution in [0.2, 0.25) is 0 Å². The molecule has 4 heterocycles. The number of aromatic amines is 1. The minimum absolute atomic E-state index is 0.113. The maximum atomic E-state index is 13.5. The Morgan fingerprint density at radius 2 is 1.65 bits per heavy atom. The van der Waals surface area contributed by atoms with Crippen LogP contribution >= 0.6 is 0 Å². The van der Waals surface area contributed by atoms with Crippen molar-refractivity contribution in [3.8, 4) is 11.4 Å². The standard InChI is InChI=1S/C21H23N5O2.C9H16/c1-12-6-7-13-8-14(9-16(12)23-13)26-18-5-3-2-4-15(18)25-20(21(26)28)17-10-22-11-19(27)24-17;1-3-8-5-2-6-9(4-1)7-8/h2-5,10-14,16,23H,6-9H2,1H3,(H,24,27);8-9H,1-7H2. The Hall–Kier alpha value is -2.80. The van der Waals surface area contributed by atoms with Crippen LogP contribution in [0.4, 0.5) is 0 Å². The van der Waals surface area contributed by atoms with Crippen LogP contribution in [0.3, 0.4) is 0 Å². The third kappa shape index (κ3) is 5.15. The molecule has 4 bridgehead atoms. The Morgan fingerprint density at radius 1 is 0.892 bits per heavy atom. The van der Waals surface area contributed by atoms with Crippen molar-refractivity contribution >= 4 is 11.0 Å². The molecular formula is C30H39N5O2. The Bertz CT molecular complexity index is 1340. The van der Waals surface area contributed by atoms with Crippen molar-refractivity contribution in [2.45, 2.75) is 95.7 Å². The zero-order valence-corrected chi connectivity index (χ0v) is 21.9. The summed E-state index contributed by atoms with van der Waals surface area (Å²) in [4.78, 5) is 36.5. The summed E-state index contributed by atoms with van der Waals surface area (Å²) in [5.41, 5.74) is 1.70. The zero-order valence-electron chi connectivity index (χ0n) is 21.9. The molecule has 3 aromatic rings. The molecule has 2 aliphatic carbocycles. The number of nitrogens with one attached hydrogen (secondary N) is 2. The summed E-state index contributed by atoms with van der Waals surface area (Å²) in [5.74, 6) is 2.91. The lowest BCUT2D eigenvalue weighted by Gasteiger charge is -2.44. The number of H-pyrrole nitrogens is 1. The second kappa shape index (κ2) is 10.5. The molecule has 4 fully saturated rings. The van der Waals surface area contributed by atoms with Crippen LogP contribution in [-0.4, -0.2) is 31.6 Å². The number of fused-ring (bicyclic) bond motifs is 5. The monoisotopic (exact) mass is 501 g/mol. The number of benzene rings is 1. The summed E-state index contributed by atoms with van der Waals surface area (Å²) in [7, 11) is 0. The molecule has 0 spiro atoms. The summed E-state index contributed by atoms with van der Waals surface area (Å²) in [6.07, 6.45) is 17.8. The second-order valence-electron chi connectivity index (χ2n) is 11.9. The number of piperidine rings is 2. The van der Waals surface area contributed by atoms with E-state index in [1.54, 1.807) is 32.1 Å². The summed E-state index contributed by atoms with van der Waals surface area (Å²) < 4.78 is 1.90. The van der Waals surface area contributed by atoms with E-state index in [2.05, 4.69) is 27.2 Å². The molecule has 2 saturated heterocycles.